The van der Waals surface area contributed by atoms with Crippen molar-refractivity contribution in [2.24, 2.45) is 11.8 Å². The van der Waals surface area contributed by atoms with Crippen molar-refractivity contribution in [2.75, 3.05) is 58.5 Å². The fourth-order valence-electron chi connectivity index (χ4n) is 3.25. The van der Waals surface area contributed by atoms with E-state index in [1.54, 1.807) is 19.2 Å². The normalized spacial score (nSPS) is 21.2. The molecule has 2 heterocycles. The summed E-state index contributed by atoms with van der Waals surface area (Å²) in [4.78, 5) is 19.6. The highest BCUT2D eigenvalue weighted by molar-refractivity contribution is 5.87. The highest BCUT2D eigenvalue weighted by atomic mass is 16.5. The Morgan fingerprint density at radius 2 is 2.17 bits per heavy atom. The second-order valence-electron chi connectivity index (χ2n) is 6.52. The van der Waals surface area contributed by atoms with Crippen LogP contribution >= 0.6 is 0 Å². The van der Waals surface area contributed by atoms with E-state index >= 15 is 0 Å². The largest absolute Gasteiger partial charge is 0.478 e. The lowest BCUT2D eigenvalue weighted by Gasteiger charge is -2.39. The average Bonchev–Trinajstić information content (AvgIpc) is 2.59. The van der Waals surface area contributed by atoms with Crippen molar-refractivity contribution >= 4 is 11.8 Å². The maximum atomic E-state index is 10.9. The number of carboxylic acid groups (broad SMARTS) is 1. The lowest BCUT2D eigenvalue weighted by molar-refractivity contribution is 0.0696. The van der Waals surface area contributed by atoms with E-state index in [1.807, 2.05) is 0 Å². The molecule has 0 aromatic carbocycles. The summed E-state index contributed by atoms with van der Waals surface area (Å²) in [5.41, 5.74) is 0.185. The Bertz CT molecular complexity index is 523. The Hall–Kier alpha value is -1.70. The molecule has 7 nitrogen and oxygen atoms in total. The van der Waals surface area contributed by atoms with Gasteiger partial charge in [-0.3, -0.25) is 0 Å². The first-order chi connectivity index (χ1) is 11.5. The van der Waals surface area contributed by atoms with Crippen molar-refractivity contribution in [2.45, 2.75) is 6.42 Å². The number of hydrogen-bond donors (Lipinski definition) is 2. The number of nitrogens with zero attached hydrogens (tertiary/aromatic N) is 3. The molecule has 1 aromatic heterocycles. The number of ether oxygens (including phenoxy) is 1. The Labute approximate surface area is 142 Å². The van der Waals surface area contributed by atoms with Gasteiger partial charge in [0, 0.05) is 46.1 Å². The van der Waals surface area contributed by atoms with Crippen molar-refractivity contribution in [1.29, 1.82) is 0 Å². The summed E-state index contributed by atoms with van der Waals surface area (Å²) in [5.74, 6) is 0.431. The molecule has 134 valence electrons. The van der Waals surface area contributed by atoms with Crippen LogP contribution in [0.25, 0.3) is 0 Å². The zero-order valence-corrected chi connectivity index (χ0v) is 14.4. The van der Waals surface area contributed by atoms with Crippen LogP contribution in [-0.4, -0.2) is 79.6 Å². The zero-order valence-electron chi connectivity index (χ0n) is 14.4. The minimum absolute atomic E-state index is 0.155. The first-order valence-electron chi connectivity index (χ1n) is 8.26. The van der Waals surface area contributed by atoms with E-state index in [9.17, 15) is 9.90 Å². The van der Waals surface area contributed by atoms with Gasteiger partial charge in [-0.1, -0.05) is 0 Å². The maximum absolute atomic E-state index is 10.9. The van der Waals surface area contributed by atoms with Gasteiger partial charge in [-0.15, -0.1) is 0 Å². The Kier molecular flexibility index (Phi) is 6.96. The van der Waals surface area contributed by atoms with E-state index in [4.69, 9.17) is 9.84 Å². The molecule has 1 aliphatic heterocycles. The van der Waals surface area contributed by atoms with E-state index in [0.29, 0.717) is 12.5 Å². The van der Waals surface area contributed by atoms with Gasteiger partial charge in [0.05, 0.1) is 12.2 Å². The molecule has 24 heavy (non-hydrogen) atoms. The van der Waals surface area contributed by atoms with Crippen LogP contribution in [0.1, 0.15) is 16.8 Å². The van der Waals surface area contributed by atoms with Gasteiger partial charge in [-0.2, -0.15) is 0 Å². The molecule has 2 rings (SSSR count). The molecule has 1 fully saturated rings. The van der Waals surface area contributed by atoms with Crippen LogP contribution in [0.4, 0.5) is 5.82 Å². The van der Waals surface area contributed by atoms with Crippen LogP contribution in [0.2, 0.25) is 0 Å². The highest BCUT2D eigenvalue weighted by Gasteiger charge is 2.28. The van der Waals surface area contributed by atoms with Crippen molar-refractivity contribution in [1.82, 2.24) is 9.88 Å². The van der Waals surface area contributed by atoms with E-state index in [0.717, 1.165) is 38.4 Å². The minimum Gasteiger partial charge on any atom is -0.478 e. The predicted octanol–water partition coefficient (Wildman–Crippen LogP) is 0.793. The molecule has 0 amide bonds. The van der Waals surface area contributed by atoms with Crippen LogP contribution in [0.5, 0.6) is 0 Å². The third-order valence-corrected chi connectivity index (χ3v) is 4.45. The third-order valence-electron chi connectivity index (χ3n) is 4.45. The number of aromatic nitrogens is 1. The number of piperidine rings is 1. The first kappa shape index (κ1) is 18.6. The van der Waals surface area contributed by atoms with Crippen LogP contribution in [0, 0.1) is 11.8 Å². The van der Waals surface area contributed by atoms with Crippen LogP contribution in [-0.2, 0) is 4.74 Å². The number of anilines is 1. The minimum atomic E-state index is -0.974. The summed E-state index contributed by atoms with van der Waals surface area (Å²) < 4.78 is 5.11. The van der Waals surface area contributed by atoms with Gasteiger partial charge in [0.15, 0.2) is 0 Å². The number of aliphatic hydroxyl groups is 1. The van der Waals surface area contributed by atoms with Crippen LogP contribution < -0.4 is 4.90 Å². The Morgan fingerprint density at radius 3 is 2.75 bits per heavy atom. The highest BCUT2D eigenvalue weighted by Crippen LogP contribution is 2.26. The standard InChI is InChI=1S/C17H27N3O4/c1-19(5-6-24-2)9-13-7-14(12-21)11-20(10-13)16-4-3-15(8-18-16)17(22)23/h3-4,8,13-14,21H,5-7,9-12H2,1-2H3,(H,22,23)/t13-,14+/m1/s1. The topological polar surface area (TPSA) is 86.1 Å². The lowest BCUT2D eigenvalue weighted by atomic mass is 9.89. The molecule has 2 N–H and O–H groups in total. The third kappa shape index (κ3) is 5.15. The van der Waals surface area contributed by atoms with E-state index in [2.05, 4.69) is 21.8 Å². The number of likely N-dealkylation sites (N-methyl/N-ethyl adjacent to an activating group) is 1. The fraction of sp³-hybridized carbons (Fsp3) is 0.647. The summed E-state index contributed by atoms with van der Waals surface area (Å²) in [6.07, 6.45) is 2.37. The lowest BCUT2D eigenvalue weighted by Crippen LogP contribution is -2.45. The molecular formula is C17H27N3O4. The molecular weight excluding hydrogens is 310 g/mol. The molecule has 0 unspecified atom stereocenters. The zero-order chi connectivity index (χ0) is 17.5. The average molecular weight is 337 g/mol. The molecule has 0 saturated carbocycles. The second kappa shape index (κ2) is 8.96. The molecule has 2 atom stereocenters. The van der Waals surface area contributed by atoms with E-state index < -0.39 is 5.97 Å². The molecule has 0 aliphatic carbocycles. The quantitative estimate of drug-likeness (QED) is 0.725. The Morgan fingerprint density at radius 1 is 1.42 bits per heavy atom. The summed E-state index contributed by atoms with van der Waals surface area (Å²) >= 11 is 0. The van der Waals surface area contributed by atoms with Crippen LogP contribution in [0.15, 0.2) is 18.3 Å². The van der Waals surface area contributed by atoms with Crippen molar-refractivity contribution in [3.8, 4) is 0 Å². The van der Waals surface area contributed by atoms with Gasteiger partial charge in [0.2, 0.25) is 0 Å². The summed E-state index contributed by atoms with van der Waals surface area (Å²) in [6.45, 7) is 4.27. The monoisotopic (exact) mass is 337 g/mol. The fourth-order valence-corrected chi connectivity index (χ4v) is 3.25. The molecule has 0 radical (unpaired) electrons. The maximum Gasteiger partial charge on any atom is 0.337 e. The summed E-state index contributed by atoms with van der Waals surface area (Å²) in [6, 6.07) is 3.32. The van der Waals surface area contributed by atoms with Gasteiger partial charge >= 0.3 is 5.97 Å². The van der Waals surface area contributed by atoms with Crippen molar-refractivity contribution < 1.29 is 19.7 Å². The number of pyridine rings is 1. The predicted molar refractivity (Wildman–Crippen MR) is 91.5 cm³/mol. The van der Waals surface area contributed by atoms with Crippen molar-refractivity contribution in [3.63, 3.8) is 0 Å². The molecule has 1 saturated heterocycles. The van der Waals surface area contributed by atoms with Crippen molar-refractivity contribution in [3.05, 3.63) is 23.9 Å². The molecule has 1 aliphatic rings. The molecule has 0 spiro atoms. The number of methoxy groups -OCH3 is 1. The SMILES string of the molecule is COCCN(C)C[C@H]1C[C@H](CO)CN(c2ccc(C(=O)O)cn2)C1. The first-order valence-corrected chi connectivity index (χ1v) is 8.26. The smallest absolute Gasteiger partial charge is 0.337 e. The number of aliphatic hydroxyl groups excluding tert-OH is 1. The van der Waals surface area contributed by atoms with Gasteiger partial charge in [0.25, 0.3) is 0 Å². The van der Waals surface area contributed by atoms with E-state index in [1.165, 1.54) is 6.20 Å². The number of rotatable bonds is 8. The summed E-state index contributed by atoms with van der Waals surface area (Å²) in [5, 5.41) is 18.6. The molecule has 0 bridgehead atoms. The van der Waals surface area contributed by atoms with Gasteiger partial charge < -0.3 is 24.7 Å². The number of aromatic carboxylic acids is 1. The number of carbonyl (C=O) groups is 1. The molecule has 1 aromatic rings. The van der Waals surface area contributed by atoms with Gasteiger partial charge in [-0.05, 0) is 37.4 Å². The van der Waals surface area contributed by atoms with Crippen LogP contribution in [0.3, 0.4) is 0 Å². The second-order valence-corrected chi connectivity index (χ2v) is 6.52. The summed E-state index contributed by atoms with van der Waals surface area (Å²) in [7, 11) is 3.77. The molecule has 7 heteroatoms. The van der Waals surface area contributed by atoms with Gasteiger partial charge in [0.1, 0.15) is 5.82 Å². The number of hydrogen-bond acceptors (Lipinski definition) is 6. The number of carboxylic acids is 1. The Balaban J connectivity index is 2.02. The van der Waals surface area contributed by atoms with Gasteiger partial charge in [-0.25, -0.2) is 9.78 Å². The van der Waals surface area contributed by atoms with E-state index in [-0.39, 0.29) is 18.1 Å².